The van der Waals surface area contributed by atoms with E-state index in [4.69, 9.17) is 33.1 Å². The third kappa shape index (κ3) is 3.55. The third-order valence-corrected chi connectivity index (χ3v) is 3.78. The molecule has 2 aromatic carbocycles. The second-order valence-electron chi connectivity index (χ2n) is 4.80. The molecule has 0 radical (unpaired) electrons. The Morgan fingerprint density at radius 3 is 2.78 bits per heavy atom. The van der Waals surface area contributed by atoms with E-state index in [1.807, 2.05) is 42.5 Å². The maximum atomic E-state index is 5.86. The first-order valence-corrected chi connectivity index (χ1v) is 7.67. The van der Waals surface area contributed by atoms with Crippen LogP contribution in [0.25, 0.3) is 11.0 Å². The number of ether oxygens (including phenoxy) is 1. The third-order valence-electron chi connectivity index (χ3n) is 3.28. The number of nitrogens with zero attached hydrogens (tertiary/aromatic N) is 1. The van der Waals surface area contributed by atoms with Crippen LogP contribution in [0, 0.1) is 0 Å². The molecule has 0 saturated carbocycles. The number of hydrogen-bond acceptors (Lipinski definition) is 4. The van der Waals surface area contributed by atoms with E-state index >= 15 is 0 Å². The van der Waals surface area contributed by atoms with Crippen molar-refractivity contribution in [2.75, 3.05) is 12.4 Å². The summed E-state index contributed by atoms with van der Waals surface area (Å²) in [7, 11) is 1.60. The highest BCUT2D eigenvalue weighted by Gasteiger charge is 2.14. The number of rotatable bonds is 4. The van der Waals surface area contributed by atoms with Gasteiger partial charge < -0.3 is 19.9 Å². The van der Waals surface area contributed by atoms with E-state index in [1.165, 1.54) is 0 Å². The fourth-order valence-corrected chi connectivity index (χ4v) is 2.45. The van der Waals surface area contributed by atoms with Crippen molar-refractivity contribution in [2.24, 2.45) is 0 Å². The van der Waals surface area contributed by atoms with Gasteiger partial charge in [-0.1, -0.05) is 35.0 Å². The zero-order valence-corrected chi connectivity index (χ0v) is 13.9. The molecule has 0 amide bonds. The Morgan fingerprint density at radius 2 is 2.04 bits per heavy atom. The van der Waals surface area contributed by atoms with Crippen LogP contribution in [0.5, 0.6) is 5.75 Å². The maximum Gasteiger partial charge on any atom is 0.187 e. The van der Waals surface area contributed by atoms with Gasteiger partial charge in [0.15, 0.2) is 16.5 Å². The first-order chi connectivity index (χ1) is 11.2. The zero-order valence-electron chi connectivity index (χ0n) is 12.3. The van der Waals surface area contributed by atoms with Gasteiger partial charge in [0.2, 0.25) is 0 Å². The molecule has 0 saturated heterocycles. The molecule has 1 aromatic heterocycles. The van der Waals surface area contributed by atoms with Crippen molar-refractivity contribution < 1.29 is 9.26 Å². The number of aromatic nitrogens is 1. The molecule has 0 unspecified atom stereocenters. The number of halogens is 1. The maximum absolute atomic E-state index is 5.86. The Hall–Kier alpha value is -2.31. The van der Waals surface area contributed by atoms with Crippen molar-refractivity contribution in [3.05, 3.63) is 53.1 Å². The van der Waals surface area contributed by atoms with Crippen LogP contribution in [0.3, 0.4) is 0 Å². The lowest BCUT2D eigenvalue weighted by atomic mass is 10.2. The molecule has 3 aromatic rings. The van der Waals surface area contributed by atoms with Gasteiger partial charge in [-0.3, -0.25) is 0 Å². The molecule has 0 fully saturated rings. The molecule has 2 N–H and O–H groups in total. The van der Waals surface area contributed by atoms with Gasteiger partial charge in [-0.25, -0.2) is 0 Å². The molecular formula is C16H14ClN3O2S. The molecule has 5 nitrogen and oxygen atoms in total. The van der Waals surface area contributed by atoms with Crippen molar-refractivity contribution >= 4 is 45.7 Å². The molecule has 0 aliphatic heterocycles. The summed E-state index contributed by atoms with van der Waals surface area (Å²) in [6, 6.07) is 13.1. The lowest BCUT2D eigenvalue weighted by Crippen LogP contribution is -2.28. The van der Waals surface area contributed by atoms with Crippen LogP contribution in [0.2, 0.25) is 5.02 Å². The minimum absolute atomic E-state index is 0.445. The number of thiocarbonyl (C=S) groups is 1. The fraction of sp³-hybridized carbons (Fsp3) is 0.125. The highest BCUT2D eigenvalue weighted by Crippen LogP contribution is 2.31. The van der Waals surface area contributed by atoms with E-state index < -0.39 is 0 Å². The topological polar surface area (TPSA) is 59.3 Å². The van der Waals surface area contributed by atoms with Gasteiger partial charge in [0.05, 0.1) is 7.11 Å². The molecule has 0 aliphatic carbocycles. The number of benzene rings is 2. The summed E-state index contributed by atoms with van der Waals surface area (Å²) >= 11 is 11.2. The highest BCUT2D eigenvalue weighted by atomic mass is 35.5. The van der Waals surface area contributed by atoms with Gasteiger partial charge in [-0.2, -0.15) is 0 Å². The SMILES string of the molecule is COc1cccc2onc(NC(=S)NCc3ccc(Cl)cc3)c12. The lowest BCUT2D eigenvalue weighted by molar-refractivity contribution is 0.419. The standard InChI is InChI=1S/C16H14ClN3O2S/c1-21-12-3-2-4-13-14(12)15(20-22-13)19-16(23)18-9-10-5-7-11(17)8-6-10/h2-8H,9H2,1H3,(H2,18,19,20,23). The predicted molar refractivity (Wildman–Crippen MR) is 95.1 cm³/mol. The molecule has 118 valence electrons. The monoisotopic (exact) mass is 347 g/mol. The second-order valence-corrected chi connectivity index (χ2v) is 5.64. The predicted octanol–water partition coefficient (Wildman–Crippen LogP) is 3.98. The lowest BCUT2D eigenvalue weighted by Gasteiger charge is -2.09. The van der Waals surface area contributed by atoms with Crippen LogP contribution in [-0.4, -0.2) is 17.4 Å². The highest BCUT2D eigenvalue weighted by molar-refractivity contribution is 7.80. The Labute approximate surface area is 143 Å². The van der Waals surface area contributed by atoms with Gasteiger partial charge in [0.1, 0.15) is 11.1 Å². The Balaban J connectivity index is 1.69. The van der Waals surface area contributed by atoms with E-state index in [-0.39, 0.29) is 0 Å². The van der Waals surface area contributed by atoms with Crippen LogP contribution >= 0.6 is 23.8 Å². The van der Waals surface area contributed by atoms with E-state index in [2.05, 4.69) is 15.8 Å². The van der Waals surface area contributed by atoms with Gasteiger partial charge in [0, 0.05) is 11.6 Å². The van der Waals surface area contributed by atoms with Crippen molar-refractivity contribution in [3.63, 3.8) is 0 Å². The van der Waals surface area contributed by atoms with Crippen LogP contribution < -0.4 is 15.4 Å². The molecule has 0 aliphatic rings. The summed E-state index contributed by atoms with van der Waals surface area (Å²) in [5.41, 5.74) is 1.70. The molecule has 0 spiro atoms. The first-order valence-electron chi connectivity index (χ1n) is 6.89. The average molecular weight is 348 g/mol. The summed E-state index contributed by atoms with van der Waals surface area (Å²) in [6.07, 6.45) is 0. The Kier molecular flexibility index (Phi) is 4.64. The minimum Gasteiger partial charge on any atom is -0.496 e. The normalized spacial score (nSPS) is 10.5. The Bertz CT molecular complexity index is 833. The van der Waals surface area contributed by atoms with Crippen LogP contribution in [0.1, 0.15) is 5.56 Å². The smallest absolute Gasteiger partial charge is 0.187 e. The van der Waals surface area contributed by atoms with Gasteiger partial charge in [-0.05, 0) is 42.0 Å². The molecule has 23 heavy (non-hydrogen) atoms. The van der Waals surface area contributed by atoms with Gasteiger partial charge in [0.25, 0.3) is 0 Å². The summed E-state index contributed by atoms with van der Waals surface area (Å²) < 4.78 is 10.6. The largest absolute Gasteiger partial charge is 0.496 e. The van der Waals surface area contributed by atoms with Crippen molar-refractivity contribution in [1.82, 2.24) is 10.5 Å². The van der Waals surface area contributed by atoms with E-state index in [0.717, 1.165) is 10.9 Å². The van der Waals surface area contributed by atoms with Crippen molar-refractivity contribution in [2.45, 2.75) is 6.54 Å². The molecule has 1 heterocycles. The summed E-state index contributed by atoms with van der Waals surface area (Å²) in [4.78, 5) is 0. The molecule has 0 bridgehead atoms. The van der Waals surface area contributed by atoms with Crippen LogP contribution in [0.4, 0.5) is 5.82 Å². The summed E-state index contributed by atoms with van der Waals surface area (Å²) in [5.74, 6) is 1.19. The fourth-order valence-electron chi connectivity index (χ4n) is 2.15. The van der Waals surface area contributed by atoms with Crippen molar-refractivity contribution in [1.29, 1.82) is 0 Å². The second kappa shape index (κ2) is 6.85. The number of methoxy groups -OCH3 is 1. The molecule has 3 rings (SSSR count). The number of hydrogen-bond donors (Lipinski definition) is 2. The number of anilines is 1. The quantitative estimate of drug-likeness (QED) is 0.696. The van der Waals surface area contributed by atoms with E-state index in [0.29, 0.717) is 33.8 Å². The average Bonchev–Trinajstić information content (AvgIpc) is 2.97. The van der Waals surface area contributed by atoms with E-state index in [1.54, 1.807) is 7.11 Å². The summed E-state index contributed by atoms with van der Waals surface area (Å²) in [6.45, 7) is 0.579. The number of nitrogens with one attached hydrogen (secondary N) is 2. The van der Waals surface area contributed by atoms with Gasteiger partial charge >= 0.3 is 0 Å². The minimum atomic E-state index is 0.445. The zero-order chi connectivity index (χ0) is 16.2. The number of fused-ring (bicyclic) bond motifs is 1. The Morgan fingerprint density at radius 1 is 1.26 bits per heavy atom. The molecule has 7 heteroatoms. The molecular weight excluding hydrogens is 334 g/mol. The van der Waals surface area contributed by atoms with Crippen molar-refractivity contribution in [3.8, 4) is 5.75 Å². The first kappa shape index (κ1) is 15.6. The van der Waals surface area contributed by atoms with E-state index in [9.17, 15) is 0 Å². The van der Waals surface area contributed by atoms with Crippen LogP contribution in [-0.2, 0) is 6.54 Å². The van der Waals surface area contributed by atoms with Gasteiger partial charge in [-0.15, -0.1) is 0 Å². The molecule has 0 atom stereocenters. The summed E-state index contributed by atoms with van der Waals surface area (Å²) in [5, 5.41) is 12.0. The van der Waals surface area contributed by atoms with Crippen LogP contribution in [0.15, 0.2) is 47.0 Å².